The molecule has 0 aromatic heterocycles. The monoisotopic (exact) mass is 570 g/mol. The van der Waals surface area contributed by atoms with Crippen molar-refractivity contribution in [2.45, 2.75) is 0 Å². The summed E-state index contributed by atoms with van der Waals surface area (Å²) in [5.74, 6) is -1.43. The molecule has 20 nitrogen and oxygen atoms in total. The summed E-state index contributed by atoms with van der Waals surface area (Å²) in [5.41, 5.74) is -2.57. The van der Waals surface area contributed by atoms with Crippen molar-refractivity contribution in [1.29, 1.82) is 0 Å². The quantitative estimate of drug-likeness (QED) is 0.163. The van der Waals surface area contributed by atoms with E-state index < -0.39 is 67.5 Å². The topological polar surface area (TPSA) is 290 Å². The molecule has 4 N–H and O–H groups in total. The molecule has 2 aromatic rings. The van der Waals surface area contributed by atoms with Crippen LogP contribution in [0.25, 0.3) is 0 Å². The number of carbonyl (C=O) groups excluding carboxylic acids is 2. The third-order valence-electron chi connectivity index (χ3n) is 4.43. The van der Waals surface area contributed by atoms with Gasteiger partial charge in [-0.05, 0) is 0 Å². The summed E-state index contributed by atoms with van der Waals surface area (Å²) < 4.78 is 15.4. The minimum atomic E-state index is -0.835. The molecule has 216 valence electrons. The van der Waals surface area contributed by atoms with E-state index in [1.54, 1.807) is 0 Å². The van der Waals surface area contributed by atoms with Gasteiger partial charge in [0.1, 0.15) is 13.2 Å². The third kappa shape index (κ3) is 11.1. The summed E-state index contributed by atoms with van der Waals surface area (Å²) in [6.45, 7) is -0.938. The van der Waals surface area contributed by atoms with E-state index in [0.717, 1.165) is 36.4 Å². The van der Waals surface area contributed by atoms with Crippen LogP contribution in [0.1, 0.15) is 0 Å². The molecule has 0 atom stereocenters. The SMILES string of the molecule is O.O=C(COCCOCCOCC(=O)Nc1cc([N+](=O)[O-])cc([N+](=O)[O-])c1)Nc1cc([N+](=O)[O-])cc([N+](=O)[O-])c1. The van der Waals surface area contributed by atoms with Crippen LogP contribution in [0.15, 0.2) is 36.4 Å². The number of nitrogens with zero attached hydrogens (tertiary/aromatic N) is 4. The Hall–Kier alpha value is -5.18. The number of non-ortho nitro benzene ring substituents is 4. The Balaban J connectivity index is 0.00000800. The Morgan fingerprint density at radius 3 is 1.10 bits per heavy atom. The molecule has 40 heavy (non-hydrogen) atoms. The van der Waals surface area contributed by atoms with Gasteiger partial charge in [-0.2, -0.15) is 0 Å². The van der Waals surface area contributed by atoms with E-state index in [0.29, 0.717) is 0 Å². The molecule has 0 aliphatic rings. The maximum atomic E-state index is 11.9. The van der Waals surface area contributed by atoms with Gasteiger partial charge in [0.05, 0.1) is 69.6 Å². The second-order valence-electron chi connectivity index (χ2n) is 7.32. The second kappa shape index (κ2) is 15.9. The summed E-state index contributed by atoms with van der Waals surface area (Å²) in [6, 6.07) is 5.35. The molecule has 0 heterocycles. The molecule has 0 spiro atoms. The van der Waals surface area contributed by atoms with Gasteiger partial charge < -0.3 is 30.3 Å². The fourth-order valence-corrected chi connectivity index (χ4v) is 2.82. The van der Waals surface area contributed by atoms with E-state index in [2.05, 4.69) is 10.6 Å². The zero-order valence-electron chi connectivity index (χ0n) is 20.3. The lowest BCUT2D eigenvalue weighted by atomic mass is 10.2. The van der Waals surface area contributed by atoms with Crippen LogP contribution in [0.5, 0.6) is 0 Å². The number of benzene rings is 2. The minimum Gasteiger partial charge on any atom is -0.412 e. The number of nitro benzene ring substituents is 4. The highest BCUT2D eigenvalue weighted by atomic mass is 16.6. The van der Waals surface area contributed by atoms with Gasteiger partial charge in [-0.15, -0.1) is 0 Å². The van der Waals surface area contributed by atoms with Gasteiger partial charge in [0, 0.05) is 24.3 Å². The molecule has 0 radical (unpaired) electrons. The minimum absolute atomic E-state index is 0. The van der Waals surface area contributed by atoms with Gasteiger partial charge in [0.2, 0.25) is 11.8 Å². The number of nitro groups is 4. The highest BCUT2D eigenvalue weighted by molar-refractivity contribution is 5.93. The first-order valence-electron chi connectivity index (χ1n) is 10.7. The van der Waals surface area contributed by atoms with Crippen LogP contribution in [0, 0.1) is 40.5 Å². The van der Waals surface area contributed by atoms with Crippen molar-refractivity contribution in [3.05, 3.63) is 76.9 Å². The zero-order chi connectivity index (χ0) is 28.9. The van der Waals surface area contributed by atoms with Crippen molar-refractivity contribution < 1.29 is 49.0 Å². The van der Waals surface area contributed by atoms with E-state index >= 15 is 0 Å². The number of hydrogen-bond acceptors (Lipinski definition) is 13. The van der Waals surface area contributed by atoms with Crippen molar-refractivity contribution in [3.63, 3.8) is 0 Å². The van der Waals surface area contributed by atoms with Gasteiger partial charge in [-0.3, -0.25) is 50.0 Å². The lowest BCUT2D eigenvalue weighted by Crippen LogP contribution is -2.21. The van der Waals surface area contributed by atoms with E-state index in [1.807, 2.05) is 0 Å². The maximum absolute atomic E-state index is 11.9. The molecule has 2 aromatic carbocycles. The fourth-order valence-electron chi connectivity index (χ4n) is 2.82. The van der Waals surface area contributed by atoms with Gasteiger partial charge in [-0.25, -0.2) is 0 Å². The van der Waals surface area contributed by atoms with Crippen LogP contribution in [0.4, 0.5) is 34.1 Å². The van der Waals surface area contributed by atoms with Gasteiger partial charge in [0.25, 0.3) is 22.7 Å². The summed E-state index contributed by atoms with van der Waals surface area (Å²) >= 11 is 0. The highest BCUT2D eigenvalue weighted by Gasteiger charge is 2.18. The second-order valence-corrected chi connectivity index (χ2v) is 7.32. The smallest absolute Gasteiger partial charge is 0.278 e. The van der Waals surface area contributed by atoms with Crippen LogP contribution in [0.3, 0.4) is 0 Å². The summed E-state index contributed by atoms with van der Waals surface area (Å²) in [4.78, 5) is 64.0. The molecule has 0 aliphatic carbocycles. The first-order chi connectivity index (χ1) is 18.5. The largest absolute Gasteiger partial charge is 0.412 e. The number of amides is 2. The van der Waals surface area contributed by atoms with Gasteiger partial charge in [-0.1, -0.05) is 0 Å². The summed E-state index contributed by atoms with van der Waals surface area (Å²) in [5, 5.41) is 48.1. The Morgan fingerprint density at radius 1 is 0.550 bits per heavy atom. The summed E-state index contributed by atoms with van der Waals surface area (Å²) in [7, 11) is 0. The maximum Gasteiger partial charge on any atom is 0.278 e. The molecule has 0 unspecified atom stereocenters. The summed E-state index contributed by atoms with van der Waals surface area (Å²) in [6.07, 6.45) is 0. The number of rotatable bonds is 16. The molecule has 2 amide bonds. The number of hydrogen-bond donors (Lipinski definition) is 2. The van der Waals surface area contributed by atoms with Crippen LogP contribution >= 0.6 is 0 Å². The number of ether oxygens (including phenoxy) is 3. The van der Waals surface area contributed by atoms with E-state index in [9.17, 15) is 50.0 Å². The highest BCUT2D eigenvalue weighted by Crippen LogP contribution is 2.26. The molecule has 2 rings (SSSR count). The van der Waals surface area contributed by atoms with E-state index in [-0.39, 0.29) is 43.3 Å². The average Bonchev–Trinajstić information content (AvgIpc) is 2.87. The molecule has 0 saturated heterocycles. The standard InChI is InChI=1S/C20H20N6O13.H2O/c27-19(21-13-5-15(23(29)30)9-16(6-13)24(31)32)11-38-3-1-37-2-4-39-12-20(28)22-14-7-17(25(33)34)10-18(8-14)26(35)36;/h5-10H,1-4,11-12H2,(H,21,27)(H,22,28);1H2. The Morgan fingerprint density at radius 2 is 0.825 bits per heavy atom. The van der Waals surface area contributed by atoms with Gasteiger partial charge >= 0.3 is 0 Å². The van der Waals surface area contributed by atoms with E-state index in [1.165, 1.54) is 0 Å². The zero-order valence-corrected chi connectivity index (χ0v) is 20.3. The van der Waals surface area contributed by atoms with Crippen LogP contribution in [0.2, 0.25) is 0 Å². The first-order valence-corrected chi connectivity index (χ1v) is 10.7. The predicted octanol–water partition coefficient (Wildman–Crippen LogP) is 1.12. The Labute approximate surface area is 222 Å². The van der Waals surface area contributed by atoms with Crippen molar-refractivity contribution >= 4 is 45.9 Å². The number of anilines is 2. The van der Waals surface area contributed by atoms with Crippen LogP contribution in [-0.2, 0) is 23.8 Å². The molecule has 0 saturated carbocycles. The fraction of sp³-hybridized carbons (Fsp3) is 0.300. The van der Waals surface area contributed by atoms with Crippen molar-refractivity contribution in [2.24, 2.45) is 0 Å². The predicted molar refractivity (Wildman–Crippen MR) is 133 cm³/mol. The Kier molecular flexibility index (Phi) is 13.1. The molecule has 0 fully saturated rings. The first kappa shape index (κ1) is 32.8. The number of nitrogens with one attached hydrogen (secondary N) is 2. The molecule has 0 aliphatic heterocycles. The third-order valence-corrected chi connectivity index (χ3v) is 4.43. The molecular formula is C20H22N6O14. The average molecular weight is 570 g/mol. The normalized spacial score (nSPS) is 10.2. The van der Waals surface area contributed by atoms with Crippen molar-refractivity contribution in [1.82, 2.24) is 0 Å². The lowest BCUT2D eigenvalue weighted by Gasteiger charge is -2.08. The molecule has 0 bridgehead atoms. The van der Waals surface area contributed by atoms with Crippen molar-refractivity contribution in [3.8, 4) is 0 Å². The van der Waals surface area contributed by atoms with Crippen molar-refractivity contribution in [2.75, 3.05) is 50.3 Å². The van der Waals surface area contributed by atoms with Crippen LogP contribution < -0.4 is 10.6 Å². The number of carbonyl (C=O) groups is 2. The van der Waals surface area contributed by atoms with Gasteiger partial charge in [0.15, 0.2) is 0 Å². The van der Waals surface area contributed by atoms with Crippen LogP contribution in [-0.4, -0.2) is 76.6 Å². The lowest BCUT2D eigenvalue weighted by molar-refractivity contribution is -0.394. The Bertz CT molecular complexity index is 1110. The molecular weight excluding hydrogens is 548 g/mol. The molecule has 20 heteroatoms. The van der Waals surface area contributed by atoms with E-state index in [4.69, 9.17) is 14.2 Å².